The number of methoxy groups -OCH3 is 1. The molecule has 0 atom stereocenters. The third kappa shape index (κ3) is 3.48. The molecule has 106 valence electrons. The minimum Gasteiger partial charge on any atom is -0.495 e. The van der Waals surface area contributed by atoms with Crippen LogP contribution in [-0.2, 0) is 0 Å². The SMILES string of the molecule is COc1ccc(N(CCCN)c2ccc(C)cc2)nc1. The molecular formula is C16H21N3O. The third-order valence-corrected chi connectivity index (χ3v) is 3.16. The van der Waals surface area contributed by atoms with Crippen LogP contribution in [0.15, 0.2) is 42.6 Å². The normalized spacial score (nSPS) is 10.3. The van der Waals surface area contributed by atoms with Gasteiger partial charge in [-0.25, -0.2) is 4.98 Å². The van der Waals surface area contributed by atoms with E-state index >= 15 is 0 Å². The zero-order valence-electron chi connectivity index (χ0n) is 12.0. The Morgan fingerprint density at radius 2 is 1.90 bits per heavy atom. The van der Waals surface area contributed by atoms with Crippen molar-refractivity contribution < 1.29 is 4.74 Å². The molecule has 0 bridgehead atoms. The molecule has 0 aliphatic rings. The lowest BCUT2D eigenvalue weighted by atomic mass is 10.2. The number of aromatic nitrogens is 1. The molecule has 0 aliphatic carbocycles. The molecule has 1 heterocycles. The molecule has 1 aromatic heterocycles. The molecule has 4 nitrogen and oxygen atoms in total. The fraction of sp³-hybridized carbons (Fsp3) is 0.312. The van der Waals surface area contributed by atoms with Gasteiger partial charge in [-0.2, -0.15) is 0 Å². The summed E-state index contributed by atoms with van der Waals surface area (Å²) in [6.45, 7) is 3.59. The number of aryl methyl sites for hydroxylation is 1. The summed E-state index contributed by atoms with van der Waals surface area (Å²) < 4.78 is 5.15. The monoisotopic (exact) mass is 271 g/mol. The fourth-order valence-corrected chi connectivity index (χ4v) is 2.00. The summed E-state index contributed by atoms with van der Waals surface area (Å²) in [6.07, 6.45) is 2.65. The van der Waals surface area contributed by atoms with Gasteiger partial charge in [-0.3, -0.25) is 0 Å². The number of hydrogen-bond donors (Lipinski definition) is 1. The van der Waals surface area contributed by atoms with Gasteiger partial charge in [-0.15, -0.1) is 0 Å². The van der Waals surface area contributed by atoms with Crippen molar-refractivity contribution in [2.45, 2.75) is 13.3 Å². The molecule has 0 fully saturated rings. The van der Waals surface area contributed by atoms with Crippen LogP contribution in [0.1, 0.15) is 12.0 Å². The van der Waals surface area contributed by atoms with Crippen molar-refractivity contribution in [3.05, 3.63) is 48.2 Å². The summed E-state index contributed by atoms with van der Waals surface area (Å²) in [5.74, 6) is 1.67. The van der Waals surface area contributed by atoms with Gasteiger partial charge in [0, 0.05) is 12.2 Å². The zero-order chi connectivity index (χ0) is 14.4. The Balaban J connectivity index is 2.27. The molecule has 0 saturated carbocycles. The van der Waals surface area contributed by atoms with Crippen LogP contribution in [0.4, 0.5) is 11.5 Å². The van der Waals surface area contributed by atoms with Gasteiger partial charge in [-0.1, -0.05) is 17.7 Å². The smallest absolute Gasteiger partial charge is 0.137 e. The molecule has 4 heteroatoms. The molecule has 0 saturated heterocycles. The Bertz CT molecular complexity index is 522. The first-order chi connectivity index (χ1) is 9.74. The number of ether oxygens (including phenoxy) is 1. The molecular weight excluding hydrogens is 250 g/mol. The number of nitrogens with zero attached hydrogens (tertiary/aromatic N) is 2. The van der Waals surface area contributed by atoms with Crippen LogP contribution in [0, 0.1) is 6.92 Å². The molecule has 2 N–H and O–H groups in total. The highest BCUT2D eigenvalue weighted by Gasteiger charge is 2.10. The number of pyridine rings is 1. The maximum atomic E-state index is 5.64. The molecule has 1 aromatic carbocycles. The predicted octanol–water partition coefficient (Wildman–Crippen LogP) is 2.89. The van der Waals surface area contributed by atoms with Crippen molar-refractivity contribution >= 4 is 11.5 Å². The third-order valence-electron chi connectivity index (χ3n) is 3.16. The van der Waals surface area contributed by atoms with E-state index in [0.717, 1.165) is 30.2 Å². The first-order valence-electron chi connectivity index (χ1n) is 6.79. The maximum Gasteiger partial charge on any atom is 0.137 e. The maximum absolute atomic E-state index is 5.64. The van der Waals surface area contributed by atoms with E-state index < -0.39 is 0 Å². The van der Waals surface area contributed by atoms with Crippen LogP contribution in [0.3, 0.4) is 0 Å². The van der Waals surface area contributed by atoms with Crippen LogP contribution in [0.25, 0.3) is 0 Å². The second kappa shape index (κ2) is 6.91. The molecule has 20 heavy (non-hydrogen) atoms. The standard InChI is InChI=1S/C16H21N3O/c1-13-4-6-14(7-5-13)19(11-3-10-17)16-9-8-15(20-2)12-18-16/h4-9,12H,3,10-11,17H2,1-2H3. The van der Waals surface area contributed by atoms with Crippen molar-refractivity contribution in [1.82, 2.24) is 4.98 Å². The van der Waals surface area contributed by atoms with Crippen molar-refractivity contribution in [3.8, 4) is 5.75 Å². The number of anilines is 2. The highest BCUT2D eigenvalue weighted by molar-refractivity contribution is 5.60. The van der Waals surface area contributed by atoms with Gasteiger partial charge in [-0.05, 0) is 44.2 Å². The van der Waals surface area contributed by atoms with Crippen LogP contribution in [0.2, 0.25) is 0 Å². The Kier molecular flexibility index (Phi) is 4.96. The van der Waals surface area contributed by atoms with Crippen LogP contribution in [0.5, 0.6) is 5.75 Å². The van der Waals surface area contributed by atoms with E-state index in [9.17, 15) is 0 Å². The molecule has 0 aliphatic heterocycles. The predicted molar refractivity (Wildman–Crippen MR) is 82.6 cm³/mol. The molecule has 0 spiro atoms. The van der Waals surface area contributed by atoms with Gasteiger partial charge in [0.05, 0.1) is 13.3 Å². The fourth-order valence-electron chi connectivity index (χ4n) is 2.00. The van der Waals surface area contributed by atoms with E-state index in [4.69, 9.17) is 10.5 Å². The van der Waals surface area contributed by atoms with Crippen LogP contribution in [-0.4, -0.2) is 25.2 Å². The van der Waals surface area contributed by atoms with Crippen molar-refractivity contribution in [2.24, 2.45) is 5.73 Å². The van der Waals surface area contributed by atoms with Crippen molar-refractivity contribution in [2.75, 3.05) is 25.1 Å². The highest BCUT2D eigenvalue weighted by Crippen LogP contribution is 2.25. The molecule has 0 radical (unpaired) electrons. The summed E-state index contributed by atoms with van der Waals surface area (Å²) in [5.41, 5.74) is 8.01. The first kappa shape index (κ1) is 14.3. The number of benzene rings is 1. The summed E-state index contributed by atoms with van der Waals surface area (Å²) >= 11 is 0. The van der Waals surface area contributed by atoms with Gasteiger partial charge >= 0.3 is 0 Å². The minimum absolute atomic E-state index is 0.665. The van der Waals surface area contributed by atoms with Gasteiger partial charge < -0.3 is 15.4 Å². The highest BCUT2D eigenvalue weighted by atomic mass is 16.5. The first-order valence-corrected chi connectivity index (χ1v) is 6.79. The van der Waals surface area contributed by atoms with Crippen LogP contribution >= 0.6 is 0 Å². The topological polar surface area (TPSA) is 51.4 Å². The quantitative estimate of drug-likeness (QED) is 0.877. The molecule has 0 unspecified atom stereocenters. The Morgan fingerprint density at radius 3 is 2.45 bits per heavy atom. The van der Waals surface area contributed by atoms with E-state index in [0.29, 0.717) is 6.54 Å². The Morgan fingerprint density at radius 1 is 1.15 bits per heavy atom. The number of rotatable bonds is 6. The van der Waals surface area contributed by atoms with Crippen molar-refractivity contribution in [1.29, 1.82) is 0 Å². The number of hydrogen-bond acceptors (Lipinski definition) is 4. The zero-order valence-corrected chi connectivity index (χ0v) is 12.0. The van der Waals surface area contributed by atoms with Crippen molar-refractivity contribution in [3.63, 3.8) is 0 Å². The molecule has 2 rings (SSSR count). The van der Waals surface area contributed by atoms with Gasteiger partial charge in [0.15, 0.2) is 0 Å². The van der Waals surface area contributed by atoms with Gasteiger partial charge in [0.1, 0.15) is 11.6 Å². The lowest BCUT2D eigenvalue weighted by molar-refractivity contribution is 0.413. The summed E-state index contributed by atoms with van der Waals surface area (Å²) in [6, 6.07) is 12.3. The van der Waals surface area contributed by atoms with Crippen LogP contribution < -0.4 is 15.4 Å². The van der Waals surface area contributed by atoms with E-state index in [2.05, 4.69) is 41.1 Å². The van der Waals surface area contributed by atoms with E-state index in [-0.39, 0.29) is 0 Å². The summed E-state index contributed by atoms with van der Waals surface area (Å²) in [5, 5.41) is 0. The largest absolute Gasteiger partial charge is 0.495 e. The Labute approximate surface area is 120 Å². The van der Waals surface area contributed by atoms with Gasteiger partial charge in [0.2, 0.25) is 0 Å². The van der Waals surface area contributed by atoms with Gasteiger partial charge in [0.25, 0.3) is 0 Å². The average Bonchev–Trinajstić information content (AvgIpc) is 2.50. The second-order valence-corrected chi connectivity index (χ2v) is 4.69. The van der Waals surface area contributed by atoms with E-state index in [1.807, 2.05) is 12.1 Å². The molecule has 0 amide bonds. The lowest BCUT2D eigenvalue weighted by Gasteiger charge is -2.24. The van der Waals surface area contributed by atoms with E-state index in [1.54, 1.807) is 13.3 Å². The van der Waals surface area contributed by atoms with E-state index in [1.165, 1.54) is 5.56 Å². The summed E-state index contributed by atoms with van der Waals surface area (Å²) in [7, 11) is 1.64. The Hall–Kier alpha value is -2.07. The average molecular weight is 271 g/mol. The lowest BCUT2D eigenvalue weighted by Crippen LogP contribution is -2.21. The number of nitrogens with two attached hydrogens (primary N) is 1. The molecule has 2 aromatic rings. The second-order valence-electron chi connectivity index (χ2n) is 4.69. The minimum atomic E-state index is 0.665. The summed E-state index contributed by atoms with van der Waals surface area (Å²) in [4.78, 5) is 6.63.